The van der Waals surface area contributed by atoms with Crippen molar-refractivity contribution in [1.29, 1.82) is 0 Å². The lowest BCUT2D eigenvalue weighted by molar-refractivity contribution is -0.714. The second-order valence-corrected chi connectivity index (χ2v) is 6.73. The number of benzene rings is 2. The monoisotopic (exact) mass is 376 g/mol. The highest BCUT2D eigenvalue weighted by Crippen LogP contribution is 2.31. The zero-order chi connectivity index (χ0) is 19.6. The Hall–Kier alpha value is -3.16. The average Bonchev–Trinajstić information content (AvgIpc) is 3.03. The molecule has 1 saturated heterocycles. The van der Waals surface area contributed by atoms with Crippen LogP contribution in [0.15, 0.2) is 85.2 Å². The Labute approximate surface area is 162 Å². The van der Waals surface area contributed by atoms with E-state index in [2.05, 4.69) is 0 Å². The molecule has 141 valence electrons. The Kier molecular flexibility index (Phi) is 4.62. The van der Waals surface area contributed by atoms with Gasteiger partial charge in [0.05, 0.1) is 0 Å². The van der Waals surface area contributed by atoms with E-state index in [-0.39, 0.29) is 12.3 Å². The van der Waals surface area contributed by atoms with Crippen molar-refractivity contribution in [3.63, 3.8) is 0 Å². The molecule has 2 heterocycles. The summed E-state index contributed by atoms with van der Waals surface area (Å²) in [5.41, 5.74) is 1.45. The molecule has 6 nitrogen and oxygen atoms in total. The number of ether oxygens (including phenoxy) is 1. The number of pyridine rings is 1. The first-order valence-electron chi connectivity index (χ1n) is 8.98. The predicted octanol–water partition coefficient (Wildman–Crippen LogP) is 1.29. The van der Waals surface area contributed by atoms with Crippen LogP contribution in [0.1, 0.15) is 0 Å². The summed E-state index contributed by atoms with van der Waals surface area (Å²) in [5.74, 6) is -2.49. The molecule has 0 bridgehead atoms. The van der Waals surface area contributed by atoms with Gasteiger partial charge in [-0.1, -0.05) is 60.7 Å². The first kappa shape index (κ1) is 18.2. The van der Waals surface area contributed by atoms with E-state index in [9.17, 15) is 9.90 Å². The normalized spacial score (nSPS) is 20.7. The highest BCUT2D eigenvalue weighted by Gasteiger charge is 2.57. The lowest BCUT2D eigenvalue weighted by atomic mass is 9.46. The second kappa shape index (κ2) is 7.11. The number of methoxy groups -OCH3 is 1. The van der Waals surface area contributed by atoms with Crippen LogP contribution in [0.3, 0.4) is 0 Å². The van der Waals surface area contributed by atoms with Gasteiger partial charge in [-0.25, -0.2) is 0 Å². The molecule has 1 atom stereocenters. The summed E-state index contributed by atoms with van der Waals surface area (Å²) in [7, 11) is 1.39. The van der Waals surface area contributed by atoms with Crippen LogP contribution >= 0.6 is 0 Å². The maximum Gasteiger partial charge on any atom is 0.356 e. The molecule has 7 heteroatoms. The van der Waals surface area contributed by atoms with Gasteiger partial charge in [-0.15, -0.1) is 10.9 Å². The third-order valence-electron chi connectivity index (χ3n) is 4.97. The predicted molar refractivity (Wildman–Crippen MR) is 102 cm³/mol. The van der Waals surface area contributed by atoms with Gasteiger partial charge >= 0.3 is 12.5 Å². The minimum absolute atomic E-state index is 0.0123. The number of hydrogen-bond acceptors (Lipinski definition) is 4. The van der Waals surface area contributed by atoms with Crippen LogP contribution < -0.4 is 15.5 Å². The number of rotatable bonds is 5. The fourth-order valence-electron chi connectivity index (χ4n) is 3.59. The van der Waals surface area contributed by atoms with Gasteiger partial charge in [0.25, 0.3) is 5.79 Å². The standard InChI is InChI=1S/C21H19BNO5/c1-26-21(16-23-14-8-13-19(24)15-23)20(25)27-22(28-21,17-9-4-2-5-10-17)18-11-6-3-7-12-18/h2-15H,16H2,1H3. The van der Waals surface area contributed by atoms with Crippen LogP contribution in [0.2, 0.25) is 0 Å². The van der Waals surface area contributed by atoms with Gasteiger partial charge in [-0.3, -0.25) is 9.90 Å². The fraction of sp³-hybridized carbons (Fsp3) is 0.143. The van der Waals surface area contributed by atoms with Crippen molar-refractivity contribution in [3.8, 4) is 5.75 Å². The molecule has 1 aliphatic heterocycles. The van der Waals surface area contributed by atoms with E-state index in [4.69, 9.17) is 14.0 Å². The lowest BCUT2D eigenvalue weighted by Gasteiger charge is -2.37. The highest BCUT2D eigenvalue weighted by molar-refractivity contribution is 6.94. The molecule has 0 spiro atoms. The van der Waals surface area contributed by atoms with Crippen molar-refractivity contribution in [2.75, 3.05) is 7.11 Å². The maximum atomic E-state index is 13.0. The molecule has 1 aromatic heterocycles. The SMILES string of the molecule is COC1(C[n+]2cccc([O])c2)O[B-](c2ccccc2)(c2ccccc2)OC1=O. The van der Waals surface area contributed by atoms with Gasteiger partial charge in [-0.05, 0) is 6.07 Å². The second-order valence-electron chi connectivity index (χ2n) is 6.73. The number of carbonyl (C=O) groups is 1. The summed E-state index contributed by atoms with van der Waals surface area (Å²) < 4.78 is 19.4. The van der Waals surface area contributed by atoms with Crippen molar-refractivity contribution in [2.24, 2.45) is 0 Å². The fourth-order valence-corrected chi connectivity index (χ4v) is 3.59. The van der Waals surface area contributed by atoms with Crippen molar-refractivity contribution in [3.05, 3.63) is 85.2 Å². The van der Waals surface area contributed by atoms with E-state index in [1.165, 1.54) is 19.4 Å². The van der Waals surface area contributed by atoms with E-state index < -0.39 is 18.3 Å². The van der Waals surface area contributed by atoms with Gasteiger partial charge in [0.1, 0.15) is 0 Å². The minimum atomic E-state index is -2.30. The number of carbonyl (C=O) groups excluding carboxylic acids is 1. The van der Waals surface area contributed by atoms with Crippen LogP contribution in [0.4, 0.5) is 0 Å². The Balaban J connectivity index is 1.81. The van der Waals surface area contributed by atoms with Crippen LogP contribution in [0.25, 0.3) is 0 Å². The summed E-state index contributed by atoms with van der Waals surface area (Å²) in [4.78, 5) is 13.0. The molecule has 1 unspecified atom stereocenters. The Morgan fingerprint density at radius 1 is 0.964 bits per heavy atom. The van der Waals surface area contributed by atoms with Crippen LogP contribution in [-0.2, 0) is 30.5 Å². The quantitative estimate of drug-likeness (QED) is 0.497. The average molecular weight is 376 g/mol. The van der Waals surface area contributed by atoms with Gasteiger partial charge in [0, 0.05) is 13.2 Å². The molecular formula is C21H19BNO5. The number of nitrogens with zero attached hydrogens (tertiary/aromatic N) is 1. The summed E-state index contributed by atoms with van der Waals surface area (Å²) in [6.07, 6.45) is 3.06. The minimum Gasteiger partial charge on any atom is -0.655 e. The van der Waals surface area contributed by atoms with E-state index in [0.29, 0.717) is 0 Å². The lowest BCUT2D eigenvalue weighted by Crippen LogP contribution is -2.62. The molecule has 4 rings (SSSR count). The van der Waals surface area contributed by atoms with Gasteiger partial charge in [0.2, 0.25) is 18.5 Å². The Morgan fingerprint density at radius 3 is 2.11 bits per heavy atom. The Morgan fingerprint density at radius 2 is 1.57 bits per heavy atom. The maximum absolute atomic E-state index is 13.0. The van der Waals surface area contributed by atoms with E-state index in [0.717, 1.165) is 10.9 Å². The molecule has 0 N–H and O–H groups in total. The summed E-state index contributed by atoms with van der Waals surface area (Å²) in [6.45, 7) is -2.31. The van der Waals surface area contributed by atoms with Crippen molar-refractivity contribution in [1.82, 2.24) is 0 Å². The van der Waals surface area contributed by atoms with E-state index in [1.54, 1.807) is 16.8 Å². The molecule has 1 aliphatic rings. The molecule has 0 saturated carbocycles. The van der Waals surface area contributed by atoms with Crippen LogP contribution in [0, 0.1) is 0 Å². The highest BCUT2D eigenvalue weighted by atomic mass is 16.8. The molecule has 1 radical (unpaired) electrons. The summed E-state index contributed by atoms with van der Waals surface area (Å²) >= 11 is 0. The first-order chi connectivity index (χ1) is 13.6. The number of hydrogen-bond donors (Lipinski definition) is 0. The smallest absolute Gasteiger partial charge is 0.356 e. The largest absolute Gasteiger partial charge is 0.655 e. The Bertz CT molecular complexity index is 943. The van der Waals surface area contributed by atoms with Gasteiger partial charge in [0.15, 0.2) is 6.20 Å². The van der Waals surface area contributed by atoms with E-state index in [1.807, 2.05) is 60.7 Å². The molecule has 0 aliphatic carbocycles. The van der Waals surface area contributed by atoms with Crippen molar-refractivity contribution in [2.45, 2.75) is 12.3 Å². The molecule has 0 amide bonds. The molecular weight excluding hydrogens is 357 g/mol. The third-order valence-corrected chi connectivity index (χ3v) is 4.97. The molecule has 28 heavy (non-hydrogen) atoms. The van der Waals surface area contributed by atoms with Crippen LogP contribution in [-0.4, -0.2) is 25.4 Å². The van der Waals surface area contributed by atoms with Gasteiger partial charge in [-0.2, -0.15) is 4.57 Å². The first-order valence-corrected chi connectivity index (χ1v) is 8.98. The summed E-state index contributed by atoms with van der Waals surface area (Å²) in [5, 5.41) is 11.7. The summed E-state index contributed by atoms with van der Waals surface area (Å²) in [6, 6.07) is 21.7. The molecule has 2 aromatic carbocycles. The molecule has 1 fully saturated rings. The van der Waals surface area contributed by atoms with Crippen LogP contribution in [0.5, 0.6) is 5.75 Å². The number of aromatic nitrogens is 1. The van der Waals surface area contributed by atoms with Crippen molar-refractivity contribution >= 4 is 23.4 Å². The zero-order valence-corrected chi connectivity index (χ0v) is 15.4. The topological polar surface area (TPSA) is 68.5 Å². The third kappa shape index (κ3) is 3.04. The van der Waals surface area contributed by atoms with E-state index >= 15 is 0 Å². The molecule has 3 aromatic rings. The zero-order valence-electron chi connectivity index (χ0n) is 15.4. The van der Waals surface area contributed by atoms with Gasteiger partial charge < -0.3 is 14.0 Å². The van der Waals surface area contributed by atoms with Crippen molar-refractivity contribution < 1.29 is 28.5 Å².